The van der Waals surface area contributed by atoms with Crippen LogP contribution in [0.4, 0.5) is 0 Å². The summed E-state index contributed by atoms with van der Waals surface area (Å²) in [4.78, 5) is 2.36. The highest BCUT2D eigenvalue weighted by Gasteiger charge is 2.19. The lowest BCUT2D eigenvalue weighted by atomic mass is 10.1. The maximum Gasteiger partial charge on any atom is 0.0166 e. The van der Waals surface area contributed by atoms with E-state index in [2.05, 4.69) is 11.9 Å². The zero-order chi connectivity index (χ0) is 7.56. The van der Waals surface area contributed by atoms with Gasteiger partial charge in [-0.3, -0.25) is 5.84 Å². The van der Waals surface area contributed by atoms with Crippen LogP contribution in [0.25, 0.3) is 0 Å². The minimum atomic E-state index is 0.792. The van der Waals surface area contributed by atoms with Gasteiger partial charge in [-0.2, -0.15) is 0 Å². The van der Waals surface area contributed by atoms with Crippen LogP contribution in [0, 0.1) is 5.92 Å². The van der Waals surface area contributed by atoms with Crippen LogP contribution in [0.1, 0.15) is 6.42 Å². The second kappa shape index (κ2) is 3.32. The molecule has 1 aliphatic rings. The quantitative estimate of drug-likeness (QED) is 0.427. The van der Waals surface area contributed by atoms with E-state index in [1.54, 1.807) is 5.01 Å². The molecule has 1 aliphatic heterocycles. The first kappa shape index (κ1) is 7.98. The predicted octanol–water partition coefficient (Wildman–Crippen LogP) is -0.256. The minimum Gasteiger partial charge on any atom is -0.306 e. The van der Waals surface area contributed by atoms with Gasteiger partial charge in [0.25, 0.3) is 0 Å². The van der Waals surface area contributed by atoms with Gasteiger partial charge in [-0.15, -0.1) is 0 Å². The lowest BCUT2D eigenvalue weighted by molar-refractivity contribution is 0.281. The number of hydrogen-bond donors (Lipinski definition) is 1. The largest absolute Gasteiger partial charge is 0.306 e. The molecule has 0 spiro atoms. The summed E-state index contributed by atoms with van der Waals surface area (Å²) in [5, 5.41) is 1.78. The molecule has 1 atom stereocenters. The molecular weight excluding hydrogens is 126 g/mol. The average Bonchev–Trinajstić information content (AvgIpc) is 2.13. The van der Waals surface area contributed by atoms with Crippen LogP contribution in [0.15, 0.2) is 0 Å². The van der Waals surface area contributed by atoms with Crippen LogP contribution < -0.4 is 5.84 Å². The summed E-state index contributed by atoms with van der Waals surface area (Å²) in [6.07, 6.45) is 1.30. The second-order valence-electron chi connectivity index (χ2n) is 3.36. The lowest BCUT2D eigenvalue weighted by Gasteiger charge is -2.15. The summed E-state index contributed by atoms with van der Waals surface area (Å²) in [5.74, 6) is 6.32. The molecule has 2 N–H and O–H groups in total. The number of rotatable bonds is 2. The number of hydrogen-bond acceptors (Lipinski definition) is 3. The molecule has 3 heteroatoms. The fourth-order valence-corrected chi connectivity index (χ4v) is 1.58. The Morgan fingerprint density at radius 3 is 2.80 bits per heavy atom. The van der Waals surface area contributed by atoms with E-state index in [9.17, 15) is 0 Å². The molecule has 0 saturated carbocycles. The Hall–Kier alpha value is -0.120. The van der Waals surface area contributed by atoms with Gasteiger partial charge in [-0.1, -0.05) is 0 Å². The van der Waals surface area contributed by atoms with Crippen LogP contribution in [-0.2, 0) is 0 Å². The van der Waals surface area contributed by atoms with Crippen LogP contribution >= 0.6 is 0 Å². The maximum atomic E-state index is 5.53. The fraction of sp³-hybridized carbons (Fsp3) is 1.00. The molecule has 60 valence electrons. The van der Waals surface area contributed by atoms with Crippen LogP contribution in [0.3, 0.4) is 0 Å². The predicted molar refractivity (Wildman–Crippen MR) is 42.4 cm³/mol. The average molecular weight is 143 g/mol. The third-order valence-electron chi connectivity index (χ3n) is 2.04. The van der Waals surface area contributed by atoms with Crippen LogP contribution in [-0.4, -0.2) is 43.6 Å². The summed E-state index contributed by atoms with van der Waals surface area (Å²) in [6.45, 7) is 3.48. The summed E-state index contributed by atoms with van der Waals surface area (Å²) in [5.41, 5.74) is 0. The Labute approximate surface area is 62.8 Å². The molecule has 0 aromatic heterocycles. The molecular formula is C7H17N3. The van der Waals surface area contributed by atoms with Crippen molar-refractivity contribution in [3.63, 3.8) is 0 Å². The summed E-state index contributed by atoms with van der Waals surface area (Å²) in [6, 6.07) is 0. The normalized spacial score (nSPS) is 28.2. The fourth-order valence-electron chi connectivity index (χ4n) is 1.58. The van der Waals surface area contributed by atoms with E-state index in [-0.39, 0.29) is 0 Å². The summed E-state index contributed by atoms with van der Waals surface area (Å²) >= 11 is 0. The van der Waals surface area contributed by atoms with Gasteiger partial charge >= 0.3 is 0 Å². The highest BCUT2D eigenvalue weighted by atomic mass is 15.4. The maximum absolute atomic E-state index is 5.53. The zero-order valence-corrected chi connectivity index (χ0v) is 6.88. The molecule has 1 fully saturated rings. The molecule has 0 aromatic carbocycles. The molecule has 1 unspecified atom stereocenters. The number of nitrogens with two attached hydrogens (primary N) is 1. The van der Waals surface area contributed by atoms with Crippen molar-refractivity contribution in [1.29, 1.82) is 0 Å². The van der Waals surface area contributed by atoms with E-state index in [0.717, 1.165) is 12.5 Å². The third-order valence-corrected chi connectivity index (χ3v) is 2.04. The van der Waals surface area contributed by atoms with Gasteiger partial charge in [-0.25, -0.2) is 5.01 Å². The molecule has 3 nitrogen and oxygen atoms in total. The molecule has 0 bridgehead atoms. The van der Waals surface area contributed by atoms with Gasteiger partial charge in [0.1, 0.15) is 0 Å². The van der Waals surface area contributed by atoms with E-state index < -0.39 is 0 Å². The Bertz CT molecular complexity index is 103. The molecule has 1 saturated heterocycles. The van der Waals surface area contributed by atoms with Gasteiger partial charge in [0.2, 0.25) is 0 Å². The topological polar surface area (TPSA) is 32.5 Å². The van der Waals surface area contributed by atoms with E-state index in [1.807, 2.05) is 7.05 Å². The van der Waals surface area contributed by atoms with Gasteiger partial charge in [0.15, 0.2) is 0 Å². The first-order valence-electron chi connectivity index (χ1n) is 3.83. The first-order valence-corrected chi connectivity index (χ1v) is 3.83. The SMILES string of the molecule is CN(N)CC1CCN(C)C1. The molecule has 10 heavy (non-hydrogen) atoms. The van der Waals surface area contributed by atoms with Gasteiger partial charge in [-0.05, 0) is 25.9 Å². The third kappa shape index (κ3) is 2.25. The van der Waals surface area contributed by atoms with Crippen molar-refractivity contribution in [2.45, 2.75) is 6.42 Å². The lowest BCUT2D eigenvalue weighted by Crippen LogP contribution is -2.32. The van der Waals surface area contributed by atoms with Crippen LogP contribution in [0.5, 0.6) is 0 Å². The Kier molecular flexibility index (Phi) is 2.65. The molecule has 1 rings (SSSR count). The number of nitrogens with zero attached hydrogens (tertiary/aromatic N) is 2. The van der Waals surface area contributed by atoms with Crippen molar-refractivity contribution in [1.82, 2.24) is 9.91 Å². The van der Waals surface area contributed by atoms with Crippen molar-refractivity contribution in [2.24, 2.45) is 11.8 Å². The second-order valence-corrected chi connectivity index (χ2v) is 3.36. The molecule has 0 aromatic rings. The van der Waals surface area contributed by atoms with Gasteiger partial charge in [0, 0.05) is 20.1 Å². The van der Waals surface area contributed by atoms with Crippen molar-refractivity contribution in [3.8, 4) is 0 Å². The van der Waals surface area contributed by atoms with E-state index in [1.165, 1.54) is 19.5 Å². The molecule has 0 aliphatic carbocycles. The van der Waals surface area contributed by atoms with E-state index in [4.69, 9.17) is 5.84 Å². The standard InChI is InChI=1S/C7H17N3/c1-9-4-3-7(5-9)6-10(2)8/h7H,3-6,8H2,1-2H3. The Morgan fingerprint density at radius 1 is 1.70 bits per heavy atom. The van der Waals surface area contributed by atoms with E-state index in [0.29, 0.717) is 0 Å². The monoisotopic (exact) mass is 143 g/mol. The van der Waals surface area contributed by atoms with Crippen molar-refractivity contribution in [3.05, 3.63) is 0 Å². The number of likely N-dealkylation sites (tertiary alicyclic amines) is 1. The Balaban J connectivity index is 2.18. The van der Waals surface area contributed by atoms with Gasteiger partial charge < -0.3 is 4.90 Å². The molecule has 0 radical (unpaired) electrons. The summed E-state index contributed by atoms with van der Waals surface area (Å²) in [7, 11) is 4.09. The highest BCUT2D eigenvalue weighted by Crippen LogP contribution is 2.13. The van der Waals surface area contributed by atoms with Crippen molar-refractivity contribution >= 4 is 0 Å². The molecule has 1 heterocycles. The van der Waals surface area contributed by atoms with Gasteiger partial charge in [0.05, 0.1) is 0 Å². The van der Waals surface area contributed by atoms with Crippen molar-refractivity contribution < 1.29 is 0 Å². The highest BCUT2D eigenvalue weighted by molar-refractivity contribution is 4.73. The zero-order valence-electron chi connectivity index (χ0n) is 6.88. The smallest absolute Gasteiger partial charge is 0.0166 e. The summed E-state index contributed by atoms with van der Waals surface area (Å²) < 4.78 is 0. The van der Waals surface area contributed by atoms with Crippen LogP contribution in [0.2, 0.25) is 0 Å². The minimum absolute atomic E-state index is 0.792. The van der Waals surface area contributed by atoms with E-state index >= 15 is 0 Å². The Morgan fingerprint density at radius 2 is 2.40 bits per heavy atom. The van der Waals surface area contributed by atoms with Crippen molar-refractivity contribution in [2.75, 3.05) is 33.7 Å². The number of hydrazine groups is 1. The first-order chi connectivity index (χ1) is 4.68. The molecule has 0 amide bonds.